The number of imide groups is 1. The average Bonchev–Trinajstić information content (AvgIpc) is 2.74. The first-order chi connectivity index (χ1) is 10.5. The maximum atomic E-state index is 12.3. The molecule has 3 rings (SSSR count). The van der Waals surface area contributed by atoms with E-state index in [4.69, 9.17) is 23.2 Å². The average molecular weight is 335 g/mol. The van der Waals surface area contributed by atoms with Crippen LogP contribution in [-0.2, 0) is 0 Å². The van der Waals surface area contributed by atoms with Gasteiger partial charge in [-0.2, -0.15) is 0 Å². The monoisotopic (exact) mass is 334 g/mol. The molecule has 7 heteroatoms. The number of anilines is 1. The molecule has 0 aliphatic carbocycles. The highest BCUT2D eigenvalue weighted by molar-refractivity contribution is 6.35. The standard InChI is InChI=1S/C15H8Cl2N2O3/c16-8-4-7(5-9(17)6-8)13(20)18-11-3-1-2-10-12(11)15(22)19-14(10)21/h1-6H,(H,18,20)(H,19,21,22). The summed E-state index contributed by atoms with van der Waals surface area (Å²) >= 11 is 11.7. The van der Waals surface area contributed by atoms with Crippen molar-refractivity contribution >= 4 is 46.6 Å². The molecule has 0 fully saturated rings. The van der Waals surface area contributed by atoms with Crippen LogP contribution >= 0.6 is 23.2 Å². The predicted octanol–water partition coefficient (Wildman–Crippen LogP) is 3.13. The smallest absolute Gasteiger partial charge is 0.261 e. The Morgan fingerprint density at radius 3 is 2.36 bits per heavy atom. The number of rotatable bonds is 2. The van der Waals surface area contributed by atoms with Gasteiger partial charge in [0.15, 0.2) is 0 Å². The molecule has 22 heavy (non-hydrogen) atoms. The van der Waals surface area contributed by atoms with Crippen LogP contribution < -0.4 is 10.6 Å². The fourth-order valence-corrected chi connectivity index (χ4v) is 2.73. The maximum Gasteiger partial charge on any atom is 0.261 e. The minimum atomic E-state index is -0.542. The summed E-state index contributed by atoms with van der Waals surface area (Å²) in [7, 11) is 0. The number of hydrogen-bond donors (Lipinski definition) is 2. The molecule has 0 saturated carbocycles. The van der Waals surface area contributed by atoms with E-state index >= 15 is 0 Å². The largest absolute Gasteiger partial charge is 0.321 e. The van der Waals surface area contributed by atoms with Gasteiger partial charge in [0.25, 0.3) is 17.7 Å². The molecule has 2 aromatic rings. The third kappa shape index (κ3) is 2.56. The Bertz CT molecular complexity index is 813. The van der Waals surface area contributed by atoms with E-state index in [0.29, 0.717) is 10.0 Å². The van der Waals surface area contributed by atoms with Crippen LogP contribution in [0.15, 0.2) is 36.4 Å². The van der Waals surface area contributed by atoms with Crippen molar-refractivity contribution in [3.8, 4) is 0 Å². The molecule has 1 aliphatic rings. The molecule has 5 nitrogen and oxygen atoms in total. The molecule has 3 amide bonds. The zero-order chi connectivity index (χ0) is 15.9. The topological polar surface area (TPSA) is 75.3 Å². The van der Waals surface area contributed by atoms with Crippen molar-refractivity contribution in [3.05, 3.63) is 63.1 Å². The Hall–Kier alpha value is -2.37. The lowest BCUT2D eigenvalue weighted by Gasteiger charge is -2.09. The summed E-state index contributed by atoms with van der Waals surface area (Å²) in [4.78, 5) is 35.7. The first kappa shape index (κ1) is 14.6. The lowest BCUT2D eigenvalue weighted by atomic mass is 10.1. The molecule has 0 spiro atoms. The van der Waals surface area contributed by atoms with Gasteiger partial charge in [-0.15, -0.1) is 0 Å². The molecule has 0 aromatic heterocycles. The van der Waals surface area contributed by atoms with Crippen LogP contribution in [0, 0.1) is 0 Å². The summed E-state index contributed by atoms with van der Waals surface area (Å²) < 4.78 is 0. The second-order valence-electron chi connectivity index (χ2n) is 4.62. The highest BCUT2D eigenvalue weighted by Crippen LogP contribution is 2.25. The number of carbonyl (C=O) groups excluding carboxylic acids is 3. The van der Waals surface area contributed by atoms with Gasteiger partial charge in [0.05, 0.1) is 16.8 Å². The number of benzene rings is 2. The summed E-state index contributed by atoms with van der Waals surface area (Å²) in [5, 5.41) is 5.42. The predicted molar refractivity (Wildman–Crippen MR) is 82.7 cm³/mol. The number of hydrogen-bond acceptors (Lipinski definition) is 3. The van der Waals surface area contributed by atoms with Gasteiger partial charge in [0.1, 0.15) is 0 Å². The molecule has 110 valence electrons. The van der Waals surface area contributed by atoms with Crippen molar-refractivity contribution in [2.24, 2.45) is 0 Å². The second-order valence-corrected chi connectivity index (χ2v) is 5.50. The summed E-state index contributed by atoms with van der Waals surface area (Å²) in [5.74, 6) is -1.51. The van der Waals surface area contributed by atoms with Crippen LogP contribution in [0.4, 0.5) is 5.69 Å². The second kappa shape index (κ2) is 5.44. The van der Waals surface area contributed by atoms with E-state index in [2.05, 4.69) is 10.6 Å². The number of nitrogens with one attached hydrogen (secondary N) is 2. The van der Waals surface area contributed by atoms with Crippen LogP contribution in [0.1, 0.15) is 31.1 Å². The molecular formula is C15H8Cl2N2O3. The van der Waals surface area contributed by atoms with Crippen LogP contribution in [-0.4, -0.2) is 17.7 Å². The van der Waals surface area contributed by atoms with Crippen molar-refractivity contribution in [1.82, 2.24) is 5.32 Å². The third-order valence-electron chi connectivity index (χ3n) is 3.14. The van der Waals surface area contributed by atoms with Gasteiger partial charge in [-0.25, -0.2) is 0 Å². The van der Waals surface area contributed by atoms with Gasteiger partial charge in [-0.3, -0.25) is 19.7 Å². The minimum Gasteiger partial charge on any atom is -0.321 e. The van der Waals surface area contributed by atoms with Gasteiger partial charge >= 0.3 is 0 Å². The van der Waals surface area contributed by atoms with Crippen LogP contribution in [0.3, 0.4) is 0 Å². The molecule has 0 saturated heterocycles. The maximum absolute atomic E-state index is 12.3. The normalized spacial score (nSPS) is 12.8. The molecule has 0 radical (unpaired) electrons. The molecular weight excluding hydrogens is 327 g/mol. The third-order valence-corrected chi connectivity index (χ3v) is 3.57. The van der Waals surface area contributed by atoms with E-state index in [-0.39, 0.29) is 22.4 Å². The van der Waals surface area contributed by atoms with Crippen molar-refractivity contribution in [1.29, 1.82) is 0 Å². The van der Waals surface area contributed by atoms with Crippen molar-refractivity contribution in [2.75, 3.05) is 5.32 Å². The Morgan fingerprint density at radius 1 is 1.00 bits per heavy atom. The summed E-state index contributed by atoms with van der Waals surface area (Å²) in [6.07, 6.45) is 0. The number of fused-ring (bicyclic) bond motifs is 1. The lowest BCUT2D eigenvalue weighted by Crippen LogP contribution is -2.20. The van der Waals surface area contributed by atoms with E-state index in [1.165, 1.54) is 24.3 Å². The van der Waals surface area contributed by atoms with Gasteiger partial charge in [0, 0.05) is 15.6 Å². The Labute approximate surface area is 135 Å². The number of amides is 3. The fourth-order valence-electron chi connectivity index (χ4n) is 2.20. The van der Waals surface area contributed by atoms with Crippen LogP contribution in [0.2, 0.25) is 10.0 Å². The zero-order valence-corrected chi connectivity index (χ0v) is 12.5. The molecule has 2 aromatic carbocycles. The van der Waals surface area contributed by atoms with Gasteiger partial charge in [-0.1, -0.05) is 29.3 Å². The van der Waals surface area contributed by atoms with E-state index in [0.717, 1.165) is 0 Å². The Balaban J connectivity index is 1.96. The highest BCUT2D eigenvalue weighted by atomic mass is 35.5. The van der Waals surface area contributed by atoms with Gasteiger partial charge in [-0.05, 0) is 30.3 Å². The van der Waals surface area contributed by atoms with Gasteiger partial charge < -0.3 is 5.32 Å². The first-order valence-corrected chi connectivity index (χ1v) is 6.97. The van der Waals surface area contributed by atoms with Crippen molar-refractivity contribution in [2.45, 2.75) is 0 Å². The molecule has 2 N–H and O–H groups in total. The van der Waals surface area contributed by atoms with E-state index in [1.54, 1.807) is 12.1 Å². The molecule has 0 bridgehead atoms. The SMILES string of the molecule is O=C(Nc1cccc2c1C(=O)NC2=O)c1cc(Cl)cc(Cl)c1. The Kier molecular flexibility index (Phi) is 3.60. The Morgan fingerprint density at radius 2 is 1.68 bits per heavy atom. The molecule has 1 aliphatic heterocycles. The lowest BCUT2D eigenvalue weighted by molar-refractivity contribution is 0.0879. The van der Waals surface area contributed by atoms with Crippen LogP contribution in [0.5, 0.6) is 0 Å². The van der Waals surface area contributed by atoms with E-state index < -0.39 is 17.7 Å². The quantitative estimate of drug-likeness (QED) is 0.828. The first-order valence-electron chi connectivity index (χ1n) is 6.22. The van der Waals surface area contributed by atoms with E-state index in [1.807, 2.05) is 0 Å². The zero-order valence-electron chi connectivity index (χ0n) is 10.9. The number of halogens is 2. The molecule has 0 atom stereocenters. The minimum absolute atomic E-state index is 0.147. The molecule has 0 unspecified atom stereocenters. The fraction of sp³-hybridized carbons (Fsp3) is 0. The summed E-state index contributed by atoms with van der Waals surface area (Å²) in [6.45, 7) is 0. The summed E-state index contributed by atoms with van der Waals surface area (Å²) in [6, 6.07) is 9.06. The molecule has 1 heterocycles. The van der Waals surface area contributed by atoms with E-state index in [9.17, 15) is 14.4 Å². The highest BCUT2D eigenvalue weighted by Gasteiger charge is 2.29. The van der Waals surface area contributed by atoms with Gasteiger partial charge in [0.2, 0.25) is 0 Å². The summed E-state index contributed by atoms with van der Waals surface area (Å²) in [5.41, 5.74) is 0.877. The van der Waals surface area contributed by atoms with Crippen molar-refractivity contribution < 1.29 is 14.4 Å². The van der Waals surface area contributed by atoms with Crippen LogP contribution in [0.25, 0.3) is 0 Å². The van der Waals surface area contributed by atoms with Crippen molar-refractivity contribution in [3.63, 3.8) is 0 Å². The number of carbonyl (C=O) groups is 3.